The Hall–Kier alpha value is -4.20. The average molecular weight is 415 g/mol. The summed E-state index contributed by atoms with van der Waals surface area (Å²) in [6.45, 7) is 3.70. The number of nitrogens with one attached hydrogen (secondary N) is 1. The fourth-order valence-corrected chi connectivity index (χ4v) is 2.88. The van der Waals surface area contributed by atoms with Crippen LogP contribution in [0.2, 0.25) is 0 Å². The molecule has 0 saturated heterocycles. The second-order valence-electron chi connectivity index (χ2n) is 6.86. The van der Waals surface area contributed by atoms with Gasteiger partial charge in [-0.1, -0.05) is 12.1 Å². The van der Waals surface area contributed by atoms with E-state index in [4.69, 9.17) is 9.47 Å². The van der Waals surface area contributed by atoms with E-state index < -0.39 is 0 Å². The summed E-state index contributed by atoms with van der Waals surface area (Å²) in [5, 5.41) is 2.80. The molecule has 0 bridgehead atoms. The highest BCUT2D eigenvalue weighted by Gasteiger charge is 2.08. The molecule has 0 aliphatic heterocycles. The molecular formula is C23H21N5O3. The summed E-state index contributed by atoms with van der Waals surface area (Å²) in [6, 6.07) is 16.3. The number of amides is 1. The van der Waals surface area contributed by atoms with E-state index >= 15 is 0 Å². The van der Waals surface area contributed by atoms with Gasteiger partial charge in [0.25, 0.3) is 5.91 Å². The molecule has 2 heterocycles. The van der Waals surface area contributed by atoms with Gasteiger partial charge in [0, 0.05) is 24.1 Å². The number of carbonyl (C=O) groups is 1. The molecule has 156 valence electrons. The number of rotatable bonds is 7. The number of imidazole rings is 1. The molecule has 1 amide bonds. The fourth-order valence-electron chi connectivity index (χ4n) is 2.88. The standard InChI is InChI=1S/C23H21N5O3/c1-16-4-3-5-20(12-16)30-14-22(29)27-18-6-8-19(9-7-18)31-23-13-21(25-17(2)26-23)28-11-10-24-15-28/h3-13,15H,14H2,1-2H3,(H,27,29). The lowest BCUT2D eigenvalue weighted by Gasteiger charge is -2.10. The average Bonchev–Trinajstić information content (AvgIpc) is 3.28. The van der Waals surface area contributed by atoms with E-state index in [0.29, 0.717) is 34.7 Å². The van der Waals surface area contributed by atoms with Crippen molar-refractivity contribution in [3.8, 4) is 23.2 Å². The van der Waals surface area contributed by atoms with E-state index in [1.807, 2.05) is 31.2 Å². The number of benzene rings is 2. The van der Waals surface area contributed by atoms with E-state index in [0.717, 1.165) is 5.56 Å². The third-order valence-electron chi connectivity index (χ3n) is 4.29. The van der Waals surface area contributed by atoms with Crippen LogP contribution in [0.25, 0.3) is 5.82 Å². The Bertz CT molecular complexity index is 1170. The van der Waals surface area contributed by atoms with Gasteiger partial charge in [0.05, 0.1) is 0 Å². The molecule has 4 rings (SSSR count). The first-order chi connectivity index (χ1) is 15.0. The molecule has 2 aromatic heterocycles. The molecule has 0 atom stereocenters. The molecule has 0 saturated carbocycles. The minimum Gasteiger partial charge on any atom is -0.484 e. The molecule has 4 aromatic rings. The summed E-state index contributed by atoms with van der Waals surface area (Å²) in [6.07, 6.45) is 5.13. The van der Waals surface area contributed by atoms with Crippen molar-refractivity contribution in [2.45, 2.75) is 13.8 Å². The third kappa shape index (κ3) is 5.45. The fraction of sp³-hybridized carbons (Fsp3) is 0.130. The molecule has 8 nitrogen and oxygen atoms in total. The first kappa shape index (κ1) is 20.1. The predicted molar refractivity (Wildman–Crippen MR) is 116 cm³/mol. The minimum atomic E-state index is -0.244. The molecule has 0 aliphatic rings. The zero-order chi connectivity index (χ0) is 21.6. The Morgan fingerprint density at radius 1 is 1.03 bits per heavy atom. The number of hydrogen-bond donors (Lipinski definition) is 1. The van der Waals surface area contributed by atoms with Crippen LogP contribution < -0.4 is 14.8 Å². The van der Waals surface area contributed by atoms with Crippen LogP contribution in [0.15, 0.2) is 73.3 Å². The van der Waals surface area contributed by atoms with Crippen molar-refractivity contribution >= 4 is 11.6 Å². The Morgan fingerprint density at radius 2 is 1.87 bits per heavy atom. The summed E-state index contributed by atoms with van der Waals surface area (Å²) >= 11 is 0. The lowest BCUT2D eigenvalue weighted by atomic mass is 10.2. The first-order valence-corrected chi connectivity index (χ1v) is 9.66. The molecule has 0 aliphatic carbocycles. The lowest BCUT2D eigenvalue weighted by molar-refractivity contribution is -0.118. The summed E-state index contributed by atoms with van der Waals surface area (Å²) in [4.78, 5) is 24.9. The van der Waals surface area contributed by atoms with E-state index in [2.05, 4.69) is 20.3 Å². The molecule has 0 unspecified atom stereocenters. The van der Waals surface area contributed by atoms with Gasteiger partial charge in [-0.2, -0.15) is 4.98 Å². The van der Waals surface area contributed by atoms with E-state index in [1.165, 1.54) is 0 Å². The SMILES string of the molecule is Cc1cccc(OCC(=O)Nc2ccc(Oc3cc(-n4ccnc4)nc(C)n3)cc2)c1. The van der Waals surface area contributed by atoms with Crippen molar-refractivity contribution in [3.05, 3.63) is 84.7 Å². The minimum absolute atomic E-state index is 0.0705. The zero-order valence-electron chi connectivity index (χ0n) is 17.1. The monoisotopic (exact) mass is 415 g/mol. The maximum Gasteiger partial charge on any atom is 0.262 e. The van der Waals surface area contributed by atoms with Crippen molar-refractivity contribution in [3.63, 3.8) is 0 Å². The molecule has 0 fully saturated rings. The molecule has 8 heteroatoms. The van der Waals surface area contributed by atoms with Crippen LogP contribution in [-0.2, 0) is 4.79 Å². The van der Waals surface area contributed by atoms with Gasteiger partial charge in [-0.3, -0.25) is 9.36 Å². The van der Waals surface area contributed by atoms with Crippen molar-refractivity contribution in [1.29, 1.82) is 0 Å². The second-order valence-corrected chi connectivity index (χ2v) is 6.86. The van der Waals surface area contributed by atoms with Crippen molar-refractivity contribution < 1.29 is 14.3 Å². The third-order valence-corrected chi connectivity index (χ3v) is 4.29. The molecular weight excluding hydrogens is 394 g/mol. The Labute approximate surface area is 179 Å². The van der Waals surface area contributed by atoms with Gasteiger partial charge < -0.3 is 14.8 Å². The summed E-state index contributed by atoms with van der Waals surface area (Å²) in [7, 11) is 0. The van der Waals surface area contributed by atoms with Crippen molar-refractivity contribution in [1.82, 2.24) is 19.5 Å². The maximum atomic E-state index is 12.1. The second kappa shape index (κ2) is 9.08. The van der Waals surface area contributed by atoms with Gasteiger partial charge >= 0.3 is 0 Å². The van der Waals surface area contributed by atoms with Gasteiger partial charge in [0.2, 0.25) is 5.88 Å². The van der Waals surface area contributed by atoms with Gasteiger partial charge in [0.15, 0.2) is 6.61 Å². The largest absolute Gasteiger partial charge is 0.484 e. The first-order valence-electron chi connectivity index (χ1n) is 9.66. The maximum absolute atomic E-state index is 12.1. The highest BCUT2D eigenvalue weighted by atomic mass is 16.5. The number of nitrogens with zero attached hydrogens (tertiary/aromatic N) is 4. The van der Waals surface area contributed by atoms with E-state index in [9.17, 15) is 4.79 Å². The van der Waals surface area contributed by atoms with Crippen molar-refractivity contribution in [2.24, 2.45) is 0 Å². The highest BCUT2D eigenvalue weighted by Crippen LogP contribution is 2.23. The van der Waals surface area contributed by atoms with Crippen LogP contribution in [-0.4, -0.2) is 32.0 Å². The van der Waals surface area contributed by atoms with Crippen LogP contribution in [0.4, 0.5) is 5.69 Å². The Balaban J connectivity index is 1.36. The predicted octanol–water partition coefficient (Wildman–Crippen LogP) is 4.09. The molecule has 0 radical (unpaired) electrons. The normalized spacial score (nSPS) is 10.5. The summed E-state index contributed by atoms with van der Waals surface area (Å²) in [5.74, 6) is 2.67. The number of anilines is 1. The quantitative estimate of drug-likeness (QED) is 0.489. The highest BCUT2D eigenvalue weighted by molar-refractivity contribution is 5.91. The number of carbonyl (C=O) groups excluding carboxylic acids is 1. The number of aryl methyl sites for hydroxylation is 2. The molecule has 0 spiro atoms. The smallest absolute Gasteiger partial charge is 0.262 e. The number of ether oxygens (including phenoxy) is 2. The van der Waals surface area contributed by atoms with Gasteiger partial charge in [-0.15, -0.1) is 0 Å². The van der Waals surface area contributed by atoms with Gasteiger partial charge in [-0.05, 0) is 55.8 Å². The van der Waals surface area contributed by atoms with Crippen LogP contribution in [0.1, 0.15) is 11.4 Å². The van der Waals surface area contributed by atoms with Gasteiger partial charge in [0.1, 0.15) is 29.5 Å². The topological polar surface area (TPSA) is 91.2 Å². The summed E-state index contributed by atoms with van der Waals surface area (Å²) in [5.41, 5.74) is 1.72. The Kier molecular flexibility index (Phi) is 5.89. The van der Waals surface area contributed by atoms with E-state index in [-0.39, 0.29) is 12.5 Å². The van der Waals surface area contributed by atoms with E-state index in [1.54, 1.807) is 60.5 Å². The van der Waals surface area contributed by atoms with Gasteiger partial charge in [-0.25, -0.2) is 9.97 Å². The summed E-state index contributed by atoms with van der Waals surface area (Å²) < 4.78 is 13.1. The lowest BCUT2D eigenvalue weighted by Crippen LogP contribution is -2.20. The van der Waals surface area contributed by atoms with Crippen LogP contribution in [0.5, 0.6) is 17.4 Å². The van der Waals surface area contributed by atoms with Crippen LogP contribution in [0, 0.1) is 13.8 Å². The molecule has 31 heavy (non-hydrogen) atoms. The molecule has 2 aromatic carbocycles. The zero-order valence-corrected chi connectivity index (χ0v) is 17.1. The Morgan fingerprint density at radius 3 is 2.61 bits per heavy atom. The van der Waals surface area contributed by atoms with Crippen LogP contribution in [0.3, 0.4) is 0 Å². The number of hydrogen-bond acceptors (Lipinski definition) is 6. The number of aromatic nitrogens is 4. The van der Waals surface area contributed by atoms with Crippen LogP contribution >= 0.6 is 0 Å². The molecule has 1 N–H and O–H groups in total. The van der Waals surface area contributed by atoms with Crippen molar-refractivity contribution in [2.75, 3.05) is 11.9 Å².